The zero-order chi connectivity index (χ0) is 18.6. The smallest absolute Gasteiger partial charge is 0.159 e. The quantitative estimate of drug-likeness (QED) is 0.633. The molecule has 0 aliphatic carbocycles. The predicted molar refractivity (Wildman–Crippen MR) is 108 cm³/mol. The molecule has 3 aromatic rings. The van der Waals surface area contributed by atoms with Crippen molar-refractivity contribution in [2.75, 3.05) is 18.0 Å². The maximum atomic E-state index is 11.4. The normalized spacial score (nSPS) is 14.9. The molecular weight excluding hydrogens is 334 g/mol. The SMILES string of the molecule is CC(=O)c1ccc(-c2cncc(N3CCC(c4ccccc4)CC3)n2)cc1. The van der Waals surface area contributed by atoms with E-state index in [4.69, 9.17) is 4.98 Å². The van der Waals surface area contributed by atoms with Gasteiger partial charge < -0.3 is 4.90 Å². The average molecular weight is 357 g/mol. The first-order chi connectivity index (χ1) is 13.2. The van der Waals surface area contributed by atoms with Gasteiger partial charge in [-0.05, 0) is 31.2 Å². The number of benzene rings is 2. The van der Waals surface area contributed by atoms with Crippen molar-refractivity contribution in [3.63, 3.8) is 0 Å². The molecule has 0 amide bonds. The van der Waals surface area contributed by atoms with Gasteiger partial charge in [0.15, 0.2) is 5.78 Å². The number of ketones is 1. The van der Waals surface area contributed by atoms with E-state index in [1.54, 1.807) is 13.1 Å². The van der Waals surface area contributed by atoms with E-state index < -0.39 is 0 Å². The highest BCUT2D eigenvalue weighted by Gasteiger charge is 2.21. The summed E-state index contributed by atoms with van der Waals surface area (Å²) in [5, 5.41) is 0. The van der Waals surface area contributed by atoms with Gasteiger partial charge in [0.2, 0.25) is 0 Å². The van der Waals surface area contributed by atoms with Gasteiger partial charge in [0, 0.05) is 24.2 Å². The third kappa shape index (κ3) is 3.90. The van der Waals surface area contributed by atoms with E-state index in [1.807, 2.05) is 30.5 Å². The first-order valence-corrected chi connectivity index (χ1v) is 9.44. The molecule has 1 aliphatic heterocycles. The van der Waals surface area contributed by atoms with E-state index in [9.17, 15) is 4.79 Å². The van der Waals surface area contributed by atoms with Crippen molar-refractivity contribution in [3.8, 4) is 11.3 Å². The molecule has 0 spiro atoms. The van der Waals surface area contributed by atoms with Crippen molar-refractivity contribution in [3.05, 3.63) is 78.1 Å². The van der Waals surface area contributed by atoms with Crippen LogP contribution in [0.2, 0.25) is 0 Å². The minimum absolute atomic E-state index is 0.0719. The van der Waals surface area contributed by atoms with Crippen LogP contribution in [0.15, 0.2) is 67.0 Å². The van der Waals surface area contributed by atoms with Crippen LogP contribution in [-0.4, -0.2) is 28.8 Å². The zero-order valence-electron chi connectivity index (χ0n) is 15.5. The standard InChI is InChI=1S/C23H23N3O/c1-17(27)18-7-9-21(10-8-18)22-15-24-16-23(25-22)26-13-11-20(12-14-26)19-5-3-2-4-6-19/h2-10,15-16,20H,11-14H2,1H3. The van der Waals surface area contributed by atoms with Gasteiger partial charge in [0.1, 0.15) is 5.82 Å². The van der Waals surface area contributed by atoms with Crippen LogP contribution in [-0.2, 0) is 0 Å². The molecule has 0 atom stereocenters. The summed E-state index contributed by atoms with van der Waals surface area (Å²) in [6.07, 6.45) is 5.88. The molecule has 1 aliphatic rings. The van der Waals surface area contributed by atoms with Crippen LogP contribution < -0.4 is 4.90 Å². The van der Waals surface area contributed by atoms with E-state index >= 15 is 0 Å². The second kappa shape index (κ2) is 7.70. The van der Waals surface area contributed by atoms with Crippen molar-refractivity contribution < 1.29 is 4.79 Å². The van der Waals surface area contributed by atoms with E-state index in [0.29, 0.717) is 11.5 Å². The molecule has 2 heterocycles. The molecule has 1 saturated heterocycles. The maximum absolute atomic E-state index is 11.4. The lowest BCUT2D eigenvalue weighted by atomic mass is 9.89. The van der Waals surface area contributed by atoms with Crippen molar-refractivity contribution in [1.29, 1.82) is 0 Å². The van der Waals surface area contributed by atoms with Crippen molar-refractivity contribution >= 4 is 11.6 Å². The monoisotopic (exact) mass is 357 g/mol. The Kier molecular flexibility index (Phi) is 4.97. The molecule has 4 heteroatoms. The summed E-state index contributed by atoms with van der Waals surface area (Å²) in [6.45, 7) is 3.55. The minimum Gasteiger partial charge on any atom is -0.355 e. The van der Waals surface area contributed by atoms with Crippen LogP contribution >= 0.6 is 0 Å². The fourth-order valence-corrected chi connectivity index (χ4v) is 3.69. The Balaban J connectivity index is 1.47. The molecule has 0 bridgehead atoms. The lowest BCUT2D eigenvalue weighted by molar-refractivity contribution is 0.101. The molecule has 0 N–H and O–H groups in total. The molecule has 1 fully saturated rings. The first kappa shape index (κ1) is 17.4. The van der Waals surface area contributed by atoms with E-state index in [2.05, 4.69) is 40.2 Å². The number of carbonyl (C=O) groups is 1. The Labute approximate surface area is 159 Å². The fourth-order valence-electron chi connectivity index (χ4n) is 3.69. The topological polar surface area (TPSA) is 46.1 Å². The van der Waals surface area contributed by atoms with Crippen LogP contribution in [0.3, 0.4) is 0 Å². The lowest BCUT2D eigenvalue weighted by Crippen LogP contribution is -2.33. The molecule has 27 heavy (non-hydrogen) atoms. The van der Waals surface area contributed by atoms with E-state index in [-0.39, 0.29) is 5.78 Å². The summed E-state index contributed by atoms with van der Waals surface area (Å²) >= 11 is 0. The molecule has 2 aromatic carbocycles. The van der Waals surface area contributed by atoms with Crippen molar-refractivity contribution in [2.45, 2.75) is 25.7 Å². The van der Waals surface area contributed by atoms with Crippen LogP contribution in [0.4, 0.5) is 5.82 Å². The molecule has 136 valence electrons. The molecule has 4 rings (SSSR count). The lowest BCUT2D eigenvalue weighted by Gasteiger charge is -2.33. The van der Waals surface area contributed by atoms with Crippen LogP contribution in [0.5, 0.6) is 0 Å². The Hall–Kier alpha value is -3.01. The van der Waals surface area contributed by atoms with Gasteiger partial charge in [-0.15, -0.1) is 0 Å². The fraction of sp³-hybridized carbons (Fsp3) is 0.261. The summed E-state index contributed by atoms with van der Waals surface area (Å²) < 4.78 is 0. The van der Waals surface area contributed by atoms with Gasteiger partial charge in [-0.2, -0.15) is 0 Å². The summed E-state index contributed by atoms with van der Waals surface area (Å²) in [4.78, 5) is 23.0. The highest BCUT2D eigenvalue weighted by atomic mass is 16.1. The van der Waals surface area contributed by atoms with Gasteiger partial charge in [-0.25, -0.2) is 4.98 Å². The number of carbonyl (C=O) groups excluding carboxylic acids is 1. The molecule has 0 unspecified atom stereocenters. The number of aromatic nitrogens is 2. The number of rotatable bonds is 4. The summed E-state index contributed by atoms with van der Waals surface area (Å²) in [6, 6.07) is 18.3. The van der Waals surface area contributed by atoms with Crippen molar-refractivity contribution in [1.82, 2.24) is 9.97 Å². The highest BCUT2D eigenvalue weighted by molar-refractivity contribution is 5.94. The molecule has 4 nitrogen and oxygen atoms in total. The number of Topliss-reactive ketones (excluding diaryl/α,β-unsaturated/α-hetero) is 1. The van der Waals surface area contributed by atoms with E-state index in [0.717, 1.165) is 43.0 Å². The third-order valence-electron chi connectivity index (χ3n) is 5.30. The largest absolute Gasteiger partial charge is 0.355 e. The number of hydrogen-bond donors (Lipinski definition) is 0. The first-order valence-electron chi connectivity index (χ1n) is 9.44. The van der Waals surface area contributed by atoms with Gasteiger partial charge in [-0.1, -0.05) is 54.6 Å². The third-order valence-corrected chi connectivity index (χ3v) is 5.30. The van der Waals surface area contributed by atoms with Crippen molar-refractivity contribution in [2.24, 2.45) is 0 Å². The van der Waals surface area contributed by atoms with Crippen LogP contribution in [0, 0.1) is 0 Å². The molecule has 0 radical (unpaired) electrons. The Morgan fingerprint density at radius 2 is 1.67 bits per heavy atom. The maximum Gasteiger partial charge on any atom is 0.159 e. The number of piperidine rings is 1. The Bertz CT molecular complexity index is 914. The van der Waals surface area contributed by atoms with Crippen LogP contribution in [0.1, 0.15) is 41.6 Å². The predicted octanol–water partition coefficient (Wildman–Crippen LogP) is 4.73. The van der Waals surface area contributed by atoms with E-state index in [1.165, 1.54) is 5.56 Å². The summed E-state index contributed by atoms with van der Waals surface area (Å²) in [5.74, 6) is 1.62. The average Bonchev–Trinajstić information content (AvgIpc) is 2.75. The Morgan fingerprint density at radius 1 is 0.963 bits per heavy atom. The second-order valence-corrected chi connectivity index (χ2v) is 7.07. The molecular formula is C23H23N3O. The molecule has 0 saturated carbocycles. The van der Waals surface area contributed by atoms with Gasteiger partial charge in [0.25, 0.3) is 0 Å². The number of anilines is 1. The zero-order valence-corrected chi connectivity index (χ0v) is 15.5. The second-order valence-electron chi connectivity index (χ2n) is 7.07. The summed E-state index contributed by atoms with van der Waals surface area (Å²) in [7, 11) is 0. The molecule has 1 aromatic heterocycles. The van der Waals surface area contributed by atoms with Gasteiger partial charge >= 0.3 is 0 Å². The number of hydrogen-bond acceptors (Lipinski definition) is 4. The van der Waals surface area contributed by atoms with Gasteiger partial charge in [-0.3, -0.25) is 9.78 Å². The summed E-state index contributed by atoms with van der Waals surface area (Å²) in [5.41, 5.74) is 3.97. The Morgan fingerprint density at radius 3 is 2.33 bits per heavy atom. The number of nitrogens with zero attached hydrogens (tertiary/aromatic N) is 3. The highest BCUT2D eigenvalue weighted by Crippen LogP contribution is 2.30. The van der Waals surface area contributed by atoms with Gasteiger partial charge in [0.05, 0.1) is 18.1 Å². The minimum atomic E-state index is 0.0719. The van der Waals surface area contributed by atoms with Crippen LogP contribution in [0.25, 0.3) is 11.3 Å².